The number of thiophene rings is 1. The molecule has 3 aromatic rings. The number of aryl methyl sites for hydroxylation is 1. The Bertz CT molecular complexity index is 721. The first-order valence-corrected chi connectivity index (χ1v) is 7.45. The van der Waals surface area contributed by atoms with E-state index in [9.17, 15) is 4.79 Å². The number of hydrogen-bond acceptors (Lipinski definition) is 4. The van der Waals surface area contributed by atoms with Gasteiger partial charge in [-0.3, -0.25) is 9.89 Å². The van der Waals surface area contributed by atoms with Crippen LogP contribution < -0.4 is 5.32 Å². The van der Waals surface area contributed by atoms with Crippen LogP contribution in [-0.2, 0) is 0 Å². The van der Waals surface area contributed by atoms with Crippen LogP contribution in [0.3, 0.4) is 0 Å². The summed E-state index contributed by atoms with van der Waals surface area (Å²) in [7, 11) is 0. The summed E-state index contributed by atoms with van der Waals surface area (Å²) in [4.78, 5) is 16.6. The lowest BCUT2D eigenvalue weighted by Gasteiger charge is -2.15. The maximum Gasteiger partial charge on any atom is 0.252 e. The summed E-state index contributed by atoms with van der Waals surface area (Å²) in [6.07, 6.45) is 0. The Labute approximate surface area is 126 Å². The second kappa shape index (κ2) is 5.88. The summed E-state index contributed by atoms with van der Waals surface area (Å²) in [5.74, 6) is 1.14. The van der Waals surface area contributed by atoms with E-state index in [1.165, 1.54) is 11.3 Å². The van der Waals surface area contributed by atoms with E-state index in [1.807, 2.05) is 48.0 Å². The molecule has 0 bridgehead atoms. The minimum absolute atomic E-state index is 0.132. The number of hydrogen-bond donors (Lipinski definition) is 2. The van der Waals surface area contributed by atoms with Crippen LogP contribution in [0.2, 0.25) is 0 Å². The van der Waals surface area contributed by atoms with Crippen molar-refractivity contribution in [3.05, 3.63) is 69.9 Å². The van der Waals surface area contributed by atoms with Gasteiger partial charge < -0.3 is 5.32 Å². The van der Waals surface area contributed by atoms with Crippen LogP contribution in [-0.4, -0.2) is 21.1 Å². The van der Waals surface area contributed by atoms with Crippen molar-refractivity contribution in [3.8, 4) is 0 Å². The van der Waals surface area contributed by atoms with Gasteiger partial charge in [-0.1, -0.05) is 30.3 Å². The standard InChI is InChI=1S/C15H14N4OS/c1-10-16-14(19-18-10)13(11-5-3-2-4-6-11)17-15(20)12-7-8-21-9-12/h2-9,13H,1H3,(H,17,20)(H,16,18,19)/t13-/m0/s1. The van der Waals surface area contributed by atoms with Crippen LogP contribution in [0.15, 0.2) is 47.2 Å². The lowest BCUT2D eigenvalue weighted by atomic mass is 10.1. The highest BCUT2D eigenvalue weighted by atomic mass is 32.1. The number of carbonyl (C=O) groups is 1. The van der Waals surface area contributed by atoms with Gasteiger partial charge in [-0.2, -0.15) is 16.4 Å². The summed E-state index contributed by atoms with van der Waals surface area (Å²) in [5.41, 5.74) is 1.59. The van der Waals surface area contributed by atoms with Crippen LogP contribution in [0.4, 0.5) is 0 Å². The summed E-state index contributed by atoms with van der Waals surface area (Å²) < 4.78 is 0. The van der Waals surface area contributed by atoms with Crippen LogP contribution in [0.25, 0.3) is 0 Å². The molecule has 3 rings (SSSR count). The molecule has 5 nitrogen and oxygen atoms in total. The lowest BCUT2D eigenvalue weighted by molar-refractivity contribution is 0.0942. The molecule has 21 heavy (non-hydrogen) atoms. The third-order valence-corrected chi connectivity index (χ3v) is 3.75. The SMILES string of the molecule is Cc1nc([C@@H](NC(=O)c2ccsc2)c2ccccc2)n[nH]1. The minimum atomic E-state index is -0.372. The Balaban J connectivity index is 1.91. The molecule has 6 heteroatoms. The van der Waals surface area contributed by atoms with E-state index in [0.717, 1.165) is 11.4 Å². The van der Waals surface area contributed by atoms with Crippen LogP contribution in [0.1, 0.15) is 33.6 Å². The van der Waals surface area contributed by atoms with Gasteiger partial charge in [0, 0.05) is 5.38 Å². The Kier molecular flexibility index (Phi) is 3.79. The Morgan fingerprint density at radius 3 is 2.71 bits per heavy atom. The molecule has 1 amide bonds. The van der Waals surface area contributed by atoms with E-state index in [2.05, 4.69) is 20.5 Å². The number of amides is 1. The Morgan fingerprint density at radius 2 is 2.10 bits per heavy atom. The van der Waals surface area contributed by atoms with Gasteiger partial charge in [-0.25, -0.2) is 4.98 Å². The molecule has 2 N–H and O–H groups in total. The fourth-order valence-electron chi connectivity index (χ4n) is 2.04. The highest BCUT2D eigenvalue weighted by molar-refractivity contribution is 7.08. The van der Waals surface area contributed by atoms with Gasteiger partial charge in [0.25, 0.3) is 5.91 Å². The summed E-state index contributed by atoms with van der Waals surface area (Å²) in [6.45, 7) is 1.83. The molecule has 0 radical (unpaired) electrons. The van der Waals surface area contributed by atoms with Crippen molar-refractivity contribution in [1.82, 2.24) is 20.5 Å². The molecular weight excluding hydrogens is 284 g/mol. The van der Waals surface area contributed by atoms with Crippen LogP contribution in [0, 0.1) is 6.92 Å². The summed E-state index contributed by atoms with van der Waals surface area (Å²) in [5, 5.41) is 13.7. The van der Waals surface area contributed by atoms with Gasteiger partial charge in [0.1, 0.15) is 11.9 Å². The maximum atomic E-state index is 12.3. The van der Waals surface area contributed by atoms with Crippen LogP contribution in [0.5, 0.6) is 0 Å². The molecule has 2 aromatic heterocycles. The smallest absolute Gasteiger partial charge is 0.252 e. The van der Waals surface area contributed by atoms with Crippen molar-refractivity contribution in [2.24, 2.45) is 0 Å². The molecule has 2 heterocycles. The third kappa shape index (κ3) is 3.00. The van der Waals surface area contributed by atoms with Gasteiger partial charge in [0.2, 0.25) is 0 Å². The zero-order valence-corrected chi connectivity index (χ0v) is 12.2. The van der Waals surface area contributed by atoms with Crippen molar-refractivity contribution in [3.63, 3.8) is 0 Å². The average molecular weight is 298 g/mol. The number of benzene rings is 1. The number of nitrogens with one attached hydrogen (secondary N) is 2. The molecule has 0 aliphatic heterocycles. The first-order chi connectivity index (χ1) is 10.2. The van der Waals surface area contributed by atoms with Gasteiger partial charge in [0.15, 0.2) is 5.82 Å². The zero-order chi connectivity index (χ0) is 14.7. The molecule has 1 atom stereocenters. The van der Waals surface area contributed by atoms with Crippen molar-refractivity contribution in [1.29, 1.82) is 0 Å². The number of nitrogens with zero attached hydrogens (tertiary/aromatic N) is 2. The second-order valence-electron chi connectivity index (χ2n) is 4.61. The third-order valence-electron chi connectivity index (χ3n) is 3.06. The predicted molar refractivity (Wildman–Crippen MR) is 81.2 cm³/mol. The molecule has 106 valence electrons. The number of rotatable bonds is 4. The minimum Gasteiger partial charge on any atom is -0.338 e. The van der Waals surface area contributed by atoms with E-state index < -0.39 is 0 Å². The lowest BCUT2D eigenvalue weighted by Crippen LogP contribution is -2.29. The normalized spacial score (nSPS) is 12.0. The average Bonchev–Trinajstić information content (AvgIpc) is 3.17. The highest BCUT2D eigenvalue weighted by Gasteiger charge is 2.21. The molecule has 0 unspecified atom stereocenters. The van der Waals surface area contributed by atoms with Gasteiger partial charge in [-0.15, -0.1) is 0 Å². The van der Waals surface area contributed by atoms with Gasteiger partial charge >= 0.3 is 0 Å². The molecule has 0 fully saturated rings. The van der Waals surface area contributed by atoms with E-state index in [-0.39, 0.29) is 11.9 Å². The van der Waals surface area contributed by atoms with Crippen molar-refractivity contribution >= 4 is 17.2 Å². The van der Waals surface area contributed by atoms with Crippen molar-refractivity contribution < 1.29 is 4.79 Å². The monoisotopic (exact) mass is 298 g/mol. The highest BCUT2D eigenvalue weighted by Crippen LogP contribution is 2.19. The Morgan fingerprint density at radius 1 is 1.29 bits per heavy atom. The summed E-state index contributed by atoms with van der Waals surface area (Å²) in [6, 6.07) is 11.1. The maximum absolute atomic E-state index is 12.3. The predicted octanol–water partition coefficient (Wildman–Crippen LogP) is 2.69. The van der Waals surface area contributed by atoms with E-state index in [0.29, 0.717) is 11.4 Å². The van der Waals surface area contributed by atoms with Crippen LogP contribution >= 0.6 is 11.3 Å². The zero-order valence-electron chi connectivity index (χ0n) is 11.4. The Hall–Kier alpha value is -2.47. The fourth-order valence-corrected chi connectivity index (χ4v) is 2.68. The molecule has 1 aromatic carbocycles. The number of aromatic amines is 1. The number of aromatic nitrogens is 3. The largest absolute Gasteiger partial charge is 0.338 e. The molecule has 0 saturated carbocycles. The van der Waals surface area contributed by atoms with E-state index in [1.54, 1.807) is 6.07 Å². The van der Waals surface area contributed by atoms with Crippen molar-refractivity contribution in [2.75, 3.05) is 0 Å². The van der Waals surface area contributed by atoms with Crippen molar-refractivity contribution in [2.45, 2.75) is 13.0 Å². The molecule has 0 aliphatic carbocycles. The number of H-pyrrole nitrogens is 1. The molecule has 0 spiro atoms. The molecule has 0 saturated heterocycles. The first-order valence-electron chi connectivity index (χ1n) is 6.51. The van der Waals surface area contributed by atoms with Gasteiger partial charge in [-0.05, 0) is 23.9 Å². The quantitative estimate of drug-likeness (QED) is 0.778. The van der Waals surface area contributed by atoms with Gasteiger partial charge in [0.05, 0.1) is 5.56 Å². The summed E-state index contributed by atoms with van der Waals surface area (Å²) >= 11 is 1.49. The molecule has 0 aliphatic rings. The second-order valence-corrected chi connectivity index (χ2v) is 5.39. The number of carbonyl (C=O) groups excluding carboxylic acids is 1. The molecular formula is C15H14N4OS. The first kappa shape index (κ1) is 13.5. The van der Waals surface area contributed by atoms with E-state index in [4.69, 9.17) is 0 Å². The fraction of sp³-hybridized carbons (Fsp3) is 0.133. The van der Waals surface area contributed by atoms with E-state index >= 15 is 0 Å². The topological polar surface area (TPSA) is 70.7 Å².